The summed E-state index contributed by atoms with van der Waals surface area (Å²) in [5, 5.41) is 22.9. The lowest BCUT2D eigenvalue weighted by Crippen LogP contribution is -2.31. The Bertz CT molecular complexity index is 1410. The lowest BCUT2D eigenvalue weighted by atomic mass is 10.1. The van der Waals surface area contributed by atoms with E-state index in [0.717, 1.165) is 11.3 Å². The van der Waals surface area contributed by atoms with E-state index in [4.69, 9.17) is 14.2 Å². The number of fused-ring (bicyclic) bond motifs is 1. The van der Waals surface area contributed by atoms with Crippen molar-refractivity contribution in [3.05, 3.63) is 72.1 Å². The average molecular weight is 487 g/mol. The topological polar surface area (TPSA) is 122 Å². The van der Waals surface area contributed by atoms with Crippen molar-refractivity contribution in [2.24, 2.45) is 0 Å². The summed E-state index contributed by atoms with van der Waals surface area (Å²) in [4.78, 5) is 12.2. The summed E-state index contributed by atoms with van der Waals surface area (Å²) in [5.41, 5.74) is 3.73. The quantitative estimate of drug-likeness (QED) is 0.290. The maximum Gasteiger partial charge on any atom is 0.319 e. The molecule has 0 saturated carbocycles. The minimum absolute atomic E-state index is 0.354. The van der Waals surface area contributed by atoms with Crippen LogP contribution in [0.15, 0.2) is 60.9 Å². The van der Waals surface area contributed by atoms with Crippen LogP contribution in [0, 0.1) is 18.3 Å². The summed E-state index contributed by atoms with van der Waals surface area (Å²) in [5.74, 6) is 2.02. The number of carbonyl (C=O) groups excluding carboxylic acids is 1. The van der Waals surface area contributed by atoms with Crippen LogP contribution in [0.2, 0.25) is 0 Å². The molecule has 2 aromatic heterocycles. The Morgan fingerprint density at radius 2 is 1.89 bits per heavy atom. The Kier molecular flexibility index (Phi) is 7.53. The molecule has 0 aliphatic heterocycles. The van der Waals surface area contributed by atoms with Crippen molar-refractivity contribution in [1.82, 2.24) is 14.9 Å². The Balaban J connectivity index is 1.56. The second-order valence-corrected chi connectivity index (χ2v) is 7.81. The fourth-order valence-corrected chi connectivity index (χ4v) is 3.61. The molecule has 0 fully saturated rings. The molecule has 36 heavy (non-hydrogen) atoms. The van der Waals surface area contributed by atoms with Crippen molar-refractivity contribution in [3.8, 4) is 23.3 Å². The van der Waals surface area contributed by atoms with Crippen molar-refractivity contribution in [2.75, 3.05) is 38.0 Å². The van der Waals surface area contributed by atoms with Gasteiger partial charge in [0.05, 0.1) is 48.6 Å². The zero-order valence-electron chi connectivity index (χ0n) is 20.2. The van der Waals surface area contributed by atoms with Gasteiger partial charge in [-0.2, -0.15) is 10.4 Å². The third-order valence-electron chi connectivity index (χ3n) is 5.42. The Labute approximate surface area is 208 Å². The summed E-state index contributed by atoms with van der Waals surface area (Å²) in [6.07, 6.45) is 3.19. The van der Waals surface area contributed by atoms with Crippen LogP contribution in [0.5, 0.6) is 17.2 Å². The SMILES string of the molecule is COCCNC(=O)Nc1cn2ncc(C#N)c(Nc3ccc(Oc4cccc(OC)c4)cc3)c2c1C. The molecule has 0 atom stereocenters. The predicted molar refractivity (Wildman–Crippen MR) is 136 cm³/mol. The van der Waals surface area contributed by atoms with Crippen LogP contribution in [-0.2, 0) is 4.74 Å². The van der Waals surface area contributed by atoms with Crippen molar-refractivity contribution in [2.45, 2.75) is 6.92 Å². The molecule has 0 spiro atoms. The van der Waals surface area contributed by atoms with Gasteiger partial charge >= 0.3 is 6.03 Å². The molecule has 0 aliphatic rings. The Morgan fingerprint density at radius 1 is 1.11 bits per heavy atom. The minimum Gasteiger partial charge on any atom is -0.497 e. The van der Waals surface area contributed by atoms with E-state index in [9.17, 15) is 10.1 Å². The third kappa shape index (κ3) is 5.48. The average Bonchev–Trinajstić information content (AvgIpc) is 3.20. The van der Waals surface area contributed by atoms with E-state index in [1.807, 2.05) is 49.4 Å². The molecule has 184 valence electrons. The first-order valence-electron chi connectivity index (χ1n) is 11.2. The van der Waals surface area contributed by atoms with Gasteiger partial charge in [-0.05, 0) is 43.3 Å². The van der Waals surface area contributed by atoms with Gasteiger partial charge in [-0.25, -0.2) is 9.31 Å². The number of hydrogen-bond donors (Lipinski definition) is 3. The number of nitriles is 1. The van der Waals surface area contributed by atoms with Gasteiger partial charge < -0.3 is 30.2 Å². The smallest absolute Gasteiger partial charge is 0.319 e. The fourth-order valence-electron chi connectivity index (χ4n) is 3.61. The first-order chi connectivity index (χ1) is 17.5. The van der Waals surface area contributed by atoms with Crippen LogP contribution in [-0.4, -0.2) is 43.0 Å². The van der Waals surface area contributed by atoms with Gasteiger partial charge in [-0.3, -0.25) is 0 Å². The van der Waals surface area contributed by atoms with Crippen molar-refractivity contribution in [3.63, 3.8) is 0 Å². The second kappa shape index (κ2) is 11.1. The maximum atomic E-state index is 12.2. The molecule has 0 bridgehead atoms. The van der Waals surface area contributed by atoms with Crippen LogP contribution >= 0.6 is 0 Å². The highest BCUT2D eigenvalue weighted by molar-refractivity contribution is 5.94. The van der Waals surface area contributed by atoms with Crippen LogP contribution in [0.25, 0.3) is 5.52 Å². The van der Waals surface area contributed by atoms with Crippen LogP contribution in [0.3, 0.4) is 0 Å². The number of anilines is 3. The first kappa shape index (κ1) is 24.4. The lowest BCUT2D eigenvalue weighted by molar-refractivity contribution is 0.198. The molecule has 0 radical (unpaired) electrons. The number of aryl methyl sites for hydroxylation is 1. The van der Waals surface area contributed by atoms with Crippen LogP contribution in [0.4, 0.5) is 21.9 Å². The molecule has 2 amide bonds. The van der Waals surface area contributed by atoms with Gasteiger partial charge in [0.1, 0.15) is 23.3 Å². The maximum absolute atomic E-state index is 12.2. The van der Waals surface area contributed by atoms with Crippen molar-refractivity contribution in [1.29, 1.82) is 5.26 Å². The summed E-state index contributed by atoms with van der Waals surface area (Å²) in [6, 6.07) is 16.6. The molecule has 10 heteroatoms. The van der Waals surface area contributed by atoms with Gasteiger partial charge in [0.15, 0.2) is 0 Å². The van der Waals surface area contributed by atoms with Gasteiger partial charge in [-0.1, -0.05) is 6.07 Å². The van der Waals surface area contributed by atoms with E-state index in [2.05, 4.69) is 27.1 Å². The van der Waals surface area contributed by atoms with Crippen LogP contribution < -0.4 is 25.4 Å². The summed E-state index contributed by atoms with van der Waals surface area (Å²) in [6.45, 7) is 2.66. The molecule has 3 N–H and O–H groups in total. The number of carbonyl (C=O) groups is 1. The Hall–Kier alpha value is -4.75. The van der Waals surface area contributed by atoms with Gasteiger partial charge in [0, 0.05) is 31.0 Å². The number of aromatic nitrogens is 2. The number of amides is 2. The van der Waals surface area contributed by atoms with Crippen molar-refractivity contribution >= 4 is 28.6 Å². The number of nitrogens with one attached hydrogen (secondary N) is 3. The van der Waals surface area contributed by atoms with E-state index < -0.39 is 0 Å². The van der Waals surface area contributed by atoms with E-state index in [-0.39, 0.29) is 6.03 Å². The monoisotopic (exact) mass is 486 g/mol. The molecular weight excluding hydrogens is 460 g/mol. The highest BCUT2D eigenvalue weighted by atomic mass is 16.5. The largest absolute Gasteiger partial charge is 0.497 e. The molecule has 4 rings (SSSR count). The van der Waals surface area contributed by atoms with Gasteiger partial charge in [-0.15, -0.1) is 0 Å². The summed E-state index contributed by atoms with van der Waals surface area (Å²) >= 11 is 0. The molecule has 0 unspecified atom stereocenters. The normalized spacial score (nSPS) is 10.5. The number of benzene rings is 2. The third-order valence-corrected chi connectivity index (χ3v) is 5.42. The number of rotatable bonds is 9. The zero-order valence-corrected chi connectivity index (χ0v) is 20.2. The van der Waals surface area contributed by atoms with E-state index >= 15 is 0 Å². The molecule has 0 saturated heterocycles. The molecule has 2 aromatic carbocycles. The molecule has 0 aliphatic carbocycles. The second-order valence-electron chi connectivity index (χ2n) is 7.81. The lowest BCUT2D eigenvalue weighted by Gasteiger charge is -2.12. The molecule has 2 heterocycles. The van der Waals surface area contributed by atoms with Crippen LogP contribution in [0.1, 0.15) is 11.1 Å². The number of hydrogen-bond acceptors (Lipinski definition) is 7. The standard InChI is InChI=1S/C26H26N6O4/c1-17-23(31-26(33)28-11-12-34-2)16-32-25(17)24(18(14-27)15-29-32)30-19-7-9-20(10-8-19)36-22-6-4-5-21(13-22)35-3/h4-10,13,15-16,30H,11-12H2,1-3H3,(H2,28,31,33). The van der Waals surface area contributed by atoms with Gasteiger partial charge in [0.25, 0.3) is 0 Å². The summed E-state index contributed by atoms with van der Waals surface area (Å²) in [7, 11) is 3.17. The Morgan fingerprint density at radius 3 is 2.61 bits per heavy atom. The molecule has 10 nitrogen and oxygen atoms in total. The highest BCUT2D eigenvalue weighted by Gasteiger charge is 2.17. The van der Waals surface area contributed by atoms with E-state index in [1.165, 1.54) is 6.20 Å². The zero-order chi connectivity index (χ0) is 25.5. The number of nitrogens with zero attached hydrogens (tertiary/aromatic N) is 3. The van der Waals surface area contributed by atoms with Gasteiger partial charge in [0.2, 0.25) is 0 Å². The predicted octanol–water partition coefficient (Wildman–Crippen LogP) is 4.83. The number of ether oxygens (including phenoxy) is 3. The number of methoxy groups -OCH3 is 2. The van der Waals surface area contributed by atoms with Crippen molar-refractivity contribution < 1.29 is 19.0 Å². The summed E-state index contributed by atoms with van der Waals surface area (Å²) < 4.78 is 17.7. The minimum atomic E-state index is -0.354. The molecular formula is C26H26N6O4. The van der Waals surface area contributed by atoms with E-state index in [1.54, 1.807) is 31.0 Å². The molecule has 4 aromatic rings. The number of urea groups is 1. The first-order valence-corrected chi connectivity index (χ1v) is 11.2. The van der Waals surface area contributed by atoms with E-state index in [0.29, 0.717) is 52.9 Å². The highest BCUT2D eigenvalue weighted by Crippen LogP contribution is 2.33. The fraction of sp³-hybridized carbons (Fsp3) is 0.192.